The fourth-order valence-electron chi connectivity index (χ4n) is 2.22. The van der Waals surface area contributed by atoms with Crippen molar-refractivity contribution >= 4 is 11.6 Å². The number of hydrogen-bond donors (Lipinski definition) is 1. The average molecular weight is 338 g/mol. The quantitative estimate of drug-likeness (QED) is 0.779. The van der Waals surface area contributed by atoms with Gasteiger partial charge in [0.05, 0.1) is 11.6 Å². The zero-order valence-corrected chi connectivity index (χ0v) is 13.9. The lowest BCUT2D eigenvalue weighted by Gasteiger charge is -2.14. The van der Waals surface area contributed by atoms with E-state index in [0.717, 1.165) is 18.4 Å². The van der Waals surface area contributed by atoms with Gasteiger partial charge in [0.15, 0.2) is 11.5 Å². The van der Waals surface area contributed by atoms with Crippen molar-refractivity contribution in [3.8, 4) is 11.5 Å². The summed E-state index contributed by atoms with van der Waals surface area (Å²) in [6.07, 6.45) is 1.80. The number of halogens is 2. The van der Waals surface area contributed by atoms with Gasteiger partial charge in [0.2, 0.25) is 0 Å². The van der Waals surface area contributed by atoms with Gasteiger partial charge in [-0.2, -0.15) is 0 Å². The normalized spacial score (nSPS) is 10.6. The third-order valence-corrected chi connectivity index (χ3v) is 3.77. The van der Waals surface area contributed by atoms with E-state index in [2.05, 4.69) is 0 Å². The zero-order valence-electron chi connectivity index (χ0n) is 13.1. The minimum absolute atomic E-state index is 0.0493. The zero-order chi connectivity index (χ0) is 16.7. The van der Waals surface area contributed by atoms with Crippen LogP contribution in [0, 0.1) is 5.82 Å². The maximum Gasteiger partial charge on any atom is 0.161 e. The molecule has 0 atom stereocenters. The smallest absolute Gasteiger partial charge is 0.161 e. The van der Waals surface area contributed by atoms with Crippen LogP contribution in [0.15, 0.2) is 36.4 Å². The van der Waals surface area contributed by atoms with Gasteiger partial charge >= 0.3 is 0 Å². The van der Waals surface area contributed by atoms with Crippen molar-refractivity contribution in [3.05, 3.63) is 58.4 Å². The van der Waals surface area contributed by atoms with E-state index in [0.29, 0.717) is 35.2 Å². The van der Waals surface area contributed by atoms with Gasteiger partial charge in [0, 0.05) is 5.56 Å². The first-order valence-electron chi connectivity index (χ1n) is 7.67. The van der Waals surface area contributed by atoms with E-state index < -0.39 is 0 Å². The fourth-order valence-corrected chi connectivity index (χ4v) is 2.44. The van der Waals surface area contributed by atoms with Crippen LogP contribution in [0.5, 0.6) is 11.5 Å². The molecule has 23 heavy (non-hydrogen) atoms. The standard InChI is InChI=1S/C18H21ClFNO2/c1-2-22-18-11-13(5-4-10-21)8-9-17(18)23-12-14-15(19)6-3-7-16(14)20/h3,6-9,11H,2,4-5,10,12,21H2,1H3. The first-order chi connectivity index (χ1) is 11.2. The Morgan fingerprint density at radius 2 is 1.96 bits per heavy atom. The summed E-state index contributed by atoms with van der Waals surface area (Å²) in [7, 11) is 0. The number of aryl methyl sites for hydroxylation is 1. The van der Waals surface area contributed by atoms with E-state index in [1.807, 2.05) is 25.1 Å². The minimum Gasteiger partial charge on any atom is -0.490 e. The van der Waals surface area contributed by atoms with Crippen LogP contribution in [-0.4, -0.2) is 13.2 Å². The van der Waals surface area contributed by atoms with Crippen molar-refractivity contribution < 1.29 is 13.9 Å². The largest absolute Gasteiger partial charge is 0.490 e. The van der Waals surface area contributed by atoms with Crippen LogP contribution < -0.4 is 15.2 Å². The Bertz CT molecular complexity index is 629. The van der Waals surface area contributed by atoms with Crippen LogP contribution in [0.1, 0.15) is 24.5 Å². The van der Waals surface area contributed by atoms with Crippen LogP contribution in [0.3, 0.4) is 0 Å². The molecule has 0 aromatic heterocycles. The molecular formula is C18H21ClFNO2. The summed E-state index contributed by atoms with van der Waals surface area (Å²) >= 11 is 6.02. The van der Waals surface area contributed by atoms with Crippen molar-refractivity contribution in [2.45, 2.75) is 26.4 Å². The maximum absolute atomic E-state index is 13.8. The van der Waals surface area contributed by atoms with Gasteiger partial charge in [0.25, 0.3) is 0 Å². The summed E-state index contributed by atoms with van der Waals surface area (Å²) in [4.78, 5) is 0. The molecule has 0 aliphatic rings. The molecule has 2 rings (SSSR count). The van der Waals surface area contributed by atoms with Crippen LogP contribution in [0.2, 0.25) is 5.02 Å². The van der Waals surface area contributed by atoms with E-state index >= 15 is 0 Å². The SMILES string of the molecule is CCOc1cc(CCCN)ccc1OCc1c(F)cccc1Cl. The Morgan fingerprint density at radius 3 is 2.65 bits per heavy atom. The third kappa shape index (κ3) is 4.85. The van der Waals surface area contributed by atoms with Gasteiger partial charge in [0.1, 0.15) is 12.4 Å². The lowest BCUT2D eigenvalue weighted by Crippen LogP contribution is -2.03. The van der Waals surface area contributed by atoms with Crippen LogP contribution in [0.4, 0.5) is 4.39 Å². The Hall–Kier alpha value is -1.78. The molecule has 0 aliphatic carbocycles. The van der Waals surface area contributed by atoms with Gasteiger partial charge in [-0.15, -0.1) is 0 Å². The summed E-state index contributed by atoms with van der Waals surface area (Å²) in [6, 6.07) is 10.3. The Morgan fingerprint density at radius 1 is 1.13 bits per heavy atom. The molecule has 0 saturated heterocycles. The summed E-state index contributed by atoms with van der Waals surface area (Å²) < 4.78 is 25.1. The molecule has 2 aromatic rings. The topological polar surface area (TPSA) is 44.5 Å². The van der Waals surface area contributed by atoms with E-state index in [4.69, 9.17) is 26.8 Å². The van der Waals surface area contributed by atoms with E-state index in [9.17, 15) is 4.39 Å². The van der Waals surface area contributed by atoms with Gasteiger partial charge in [-0.1, -0.05) is 23.7 Å². The van der Waals surface area contributed by atoms with Crippen molar-refractivity contribution in [1.82, 2.24) is 0 Å². The van der Waals surface area contributed by atoms with E-state index in [-0.39, 0.29) is 12.4 Å². The van der Waals surface area contributed by atoms with Gasteiger partial charge in [-0.05, 0) is 56.1 Å². The summed E-state index contributed by atoms with van der Waals surface area (Å²) in [5.74, 6) is 0.840. The molecule has 2 N–H and O–H groups in total. The second-order valence-electron chi connectivity index (χ2n) is 5.10. The first-order valence-corrected chi connectivity index (χ1v) is 8.05. The molecule has 0 radical (unpaired) electrons. The number of rotatable bonds is 8. The molecular weight excluding hydrogens is 317 g/mol. The first kappa shape index (κ1) is 17.6. The number of ether oxygens (including phenoxy) is 2. The Kier molecular flexibility index (Phi) is 6.68. The predicted molar refractivity (Wildman–Crippen MR) is 90.7 cm³/mol. The molecule has 124 valence electrons. The van der Waals surface area contributed by atoms with Crippen LogP contribution >= 0.6 is 11.6 Å². The molecule has 0 saturated carbocycles. The highest BCUT2D eigenvalue weighted by atomic mass is 35.5. The fraction of sp³-hybridized carbons (Fsp3) is 0.333. The summed E-state index contributed by atoms with van der Waals surface area (Å²) in [5, 5.41) is 0.350. The minimum atomic E-state index is -0.380. The monoisotopic (exact) mass is 337 g/mol. The molecule has 5 heteroatoms. The molecule has 0 spiro atoms. The second kappa shape index (κ2) is 8.75. The number of hydrogen-bond acceptors (Lipinski definition) is 3. The number of benzene rings is 2. The van der Waals surface area contributed by atoms with Crippen LogP contribution in [0.25, 0.3) is 0 Å². The van der Waals surface area contributed by atoms with Gasteiger partial charge in [-0.25, -0.2) is 4.39 Å². The summed E-state index contributed by atoms with van der Waals surface area (Å²) in [5.41, 5.74) is 7.01. The van der Waals surface area contributed by atoms with Crippen molar-refractivity contribution in [1.29, 1.82) is 0 Å². The molecule has 0 amide bonds. The molecule has 2 aromatic carbocycles. The molecule has 0 fully saturated rings. The maximum atomic E-state index is 13.8. The highest BCUT2D eigenvalue weighted by molar-refractivity contribution is 6.31. The van der Waals surface area contributed by atoms with Gasteiger partial charge in [-0.3, -0.25) is 0 Å². The molecule has 0 unspecified atom stereocenters. The predicted octanol–water partition coefficient (Wildman–Crippen LogP) is 4.35. The number of nitrogens with two attached hydrogens (primary N) is 1. The average Bonchev–Trinajstić information content (AvgIpc) is 2.54. The lowest BCUT2D eigenvalue weighted by atomic mass is 10.1. The third-order valence-electron chi connectivity index (χ3n) is 3.41. The molecule has 0 aliphatic heterocycles. The lowest BCUT2D eigenvalue weighted by molar-refractivity contribution is 0.265. The Balaban J connectivity index is 2.15. The van der Waals surface area contributed by atoms with Crippen molar-refractivity contribution in [2.24, 2.45) is 5.73 Å². The van der Waals surface area contributed by atoms with E-state index in [1.54, 1.807) is 12.1 Å². The van der Waals surface area contributed by atoms with Crippen LogP contribution in [-0.2, 0) is 13.0 Å². The highest BCUT2D eigenvalue weighted by Crippen LogP contribution is 2.30. The highest BCUT2D eigenvalue weighted by Gasteiger charge is 2.11. The van der Waals surface area contributed by atoms with Crippen molar-refractivity contribution in [3.63, 3.8) is 0 Å². The van der Waals surface area contributed by atoms with Crippen molar-refractivity contribution in [2.75, 3.05) is 13.2 Å². The summed E-state index contributed by atoms with van der Waals surface area (Å²) in [6.45, 7) is 3.13. The molecule has 3 nitrogen and oxygen atoms in total. The molecule has 0 bridgehead atoms. The molecule has 0 heterocycles. The second-order valence-corrected chi connectivity index (χ2v) is 5.50. The van der Waals surface area contributed by atoms with E-state index in [1.165, 1.54) is 6.07 Å². The Labute approximate surface area is 141 Å². The van der Waals surface area contributed by atoms with Gasteiger partial charge < -0.3 is 15.2 Å².